The van der Waals surface area contributed by atoms with Crippen LogP contribution in [-0.4, -0.2) is 50.3 Å². The van der Waals surface area contributed by atoms with Crippen LogP contribution >= 0.6 is 15.9 Å². The summed E-state index contributed by atoms with van der Waals surface area (Å²) in [5, 5.41) is 8.70. The van der Waals surface area contributed by atoms with Crippen LogP contribution in [0.3, 0.4) is 0 Å². The number of hydrogen-bond acceptors (Lipinski definition) is 4. The number of nitrogens with one attached hydrogen (secondary N) is 3. The molecule has 4 rings (SSSR count). The summed E-state index contributed by atoms with van der Waals surface area (Å²) >= 11 is 3.45. The molecule has 9 heteroatoms. The summed E-state index contributed by atoms with van der Waals surface area (Å²) in [5.41, 5.74) is 5.20. The van der Waals surface area contributed by atoms with Gasteiger partial charge in [0, 0.05) is 47.7 Å². The van der Waals surface area contributed by atoms with Gasteiger partial charge in [0.1, 0.15) is 5.75 Å². The van der Waals surface area contributed by atoms with Crippen molar-refractivity contribution < 1.29 is 14.3 Å². The Labute approximate surface area is 219 Å². The highest BCUT2D eigenvalue weighted by Crippen LogP contribution is 2.26. The number of carbonyl (C=O) groups is 2. The van der Waals surface area contributed by atoms with Gasteiger partial charge in [-0.15, -0.1) is 0 Å². The molecule has 0 atom stereocenters. The molecule has 0 spiro atoms. The molecule has 188 valence electrons. The van der Waals surface area contributed by atoms with Crippen molar-refractivity contribution in [3.05, 3.63) is 76.3 Å². The molecule has 3 aromatic rings. The van der Waals surface area contributed by atoms with E-state index in [9.17, 15) is 9.59 Å². The van der Waals surface area contributed by atoms with E-state index < -0.39 is 0 Å². The number of amides is 4. The molecule has 0 aliphatic carbocycles. The Balaban J connectivity index is 1.28. The van der Waals surface area contributed by atoms with Crippen molar-refractivity contribution in [2.24, 2.45) is 0 Å². The predicted molar refractivity (Wildman–Crippen MR) is 148 cm³/mol. The van der Waals surface area contributed by atoms with Gasteiger partial charge in [0.05, 0.1) is 12.8 Å². The summed E-state index contributed by atoms with van der Waals surface area (Å²) in [5.74, 6) is 0.603. The van der Waals surface area contributed by atoms with E-state index in [0.29, 0.717) is 30.2 Å². The molecule has 8 nitrogen and oxygen atoms in total. The van der Waals surface area contributed by atoms with Gasteiger partial charge in [-0.1, -0.05) is 22.0 Å². The maximum atomic E-state index is 12.7. The third kappa shape index (κ3) is 6.28. The molecule has 3 N–H and O–H groups in total. The number of rotatable bonds is 5. The lowest BCUT2D eigenvalue weighted by Gasteiger charge is -2.36. The minimum Gasteiger partial charge on any atom is -0.495 e. The Morgan fingerprint density at radius 2 is 1.56 bits per heavy atom. The number of hydrogen-bond donors (Lipinski definition) is 3. The summed E-state index contributed by atoms with van der Waals surface area (Å²) in [4.78, 5) is 29.3. The Hall–Kier alpha value is -3.72. The average Bonchev–Trinajstić information content (AvgIpc) is 2.86. The molecule has 0 unspecified atom stereocenters. The Bertz CT molecular complexity index is 1240. The van der Waals surface area contributed by atoms with Crippen LogP contribution in [-0.2, 0) is 0 Å². The molecule has 1 heterocycles. The molecule has 1 fully saturated rings. The van der Waals surface area contributed by atoms with E-state index in [1.807, 2.05) is 79.4 Å². The monoisotopic (exact) mass is 551 g/mol. The van der Waals surface area contributed by atoms with Crippen LogP contribution in [0.15, 0.2) is 65.1 Å². The molecular weight excluding hydrogens is 522 g/mol. The minimum absolute atomic E-state index is 0.0872. The maximum absolute atomic E-state index is 12.7. The molecular formula is C27H30BrN5O3. The lowest BCUT2D eigenvalue weighted by Crippen LogP contribution is -2.50. The van der Waals surface area contributed by atoms with Gasteiger partial charge >= 0.3 is 12.1 Å². The van der Waals surface area contributed by atoms with E-state index in [1.54, 1.807) is 7.11 Å². The number of methoxy groups -OCH3 is 1. The van der Waals surface area contributed by atoms with Gasteiger partial charge in [0.15, 0.2) is 0 Å². The first-order valence-corrected chi connectivity index (χ1v) is 12.5. The summed E-state index contributed by atoms with van der Waals surface area (Å²) in [6.45, 7) is 6.64. The molecule has 1 aliphatic heterocycles. The van der Waals surface area contributed by atoms with Gasteiger partial charge in [-0.05, 0) is 79.6 Å². The van der Waals surface area contributed by atoms with Crippen molar-refractivity contribution in [1.29, 1.82) is 0 Å². The molecule has 1 saturated heterocycles. The number of piperazine rings is 1. The van der Waals surface area contributed by atoms with Crippen molar-refractivity contribution in [3.63, 3.8) is 0 Å². The summed E-state index contributed by atoms with van der Waals surface area (Å²) in [6, 6.07) is 18.7. The molecule has 1 aliphatic rings. The molecule has 36 heavy (non-hydrogen) atoms. The first-order chi connectivity index (χ1) is 17.3. The van der Waals surface area contributed by atoms with Gasteiger partial charge in [0.2, 0.25) is 0 Å². The highest BCUT2D eigenvalue weighted by atomic mass is 79.9. The third-order valence-corrected chi connectivity index (χ3v) is 6.58. The zero-order chi connectivity index (χ0) is 25.7. The van der Waals surface area contributed by atoms with Crippen LogP contribution in [0.2, 0.25) is 0 Å². The van der Waals surface area contributed by atoms with Crippen molar-refractivity contribution in [2.45, 2.75) is 13.8 Å². The molecule has 4 amide bonds. The summed E-state index contributed by atoms with van der Waals surface area (Å²) in [7, 11) is 1.57. The van der Waals surface area contributed by atoms with Crippen LogP contribution in [0.25, 0.3) is 0 Å². The molecule has 0 saturated carbocycles. The van der Waals surface area contributed by atoms with Crippen molar-refractivity contribution in [1.82, 2.24) is 4.90 Å². The summed E-state index contributed by atoms with van der Waals surface area (Å²) < 4.78 is 6.30. The molecule has 3 aromatic carbocycles. The number of carbonyl (C=O) groups excluding carboxylic acids is 2. The Morgan fingerprint density at radius 3 is 2.22 bits per heavy atom. The van der Waals surface area contributed by atoms with Gasteiger partial charge in [-0.2, -0.15) is 0 Å². The predicted octanol–water partition coefficient (Wildman–Crippen LogP) is 6.07. The zero-order valence-electron chi connectivity index (χ0n) is 20.6. The average molecular weight is 552 g/mol. The normalized spacial score (nSPS) is 13.2. The first kappa shape index (κ1) is 25.4. The van der Waals surface area contributed by atoms with Crippen LogP contribution in [0.5, 0.6) is 5.75 Å². The molecule has 0 bridgehead atoms. The second-order valence-electron chi connectivity index (χ2n) is 8.69. The second-order valence-corrected chi connectivity index (χ2v) is 9.61. The van der Waals surface area contributed by atoms with Gasteiger partial charge in [0.25, 0.3) is 0 Å². The standard InChI is InChI=1S/C27H30BrN5O3/c1-18-4-11-25(36-3)24(16-18)30-26(34)29-21-6-8-22(9-7-21)32-12-14-33(15-13-32)27(35)31-23-10-5-20(28)17-19(23)2/h4-11,16-17H,12-15H2,1-3H3,(H,31,35)(H2,29,30,34). The Morgan fingerprint density at radius 1 is 0.833 bits per heavy atom. The number of urea groups is 2. The lowest BCUT2D eigenvalue weighted by atomic mass is 10.2. The van der Waals surface area contributed by atoms with Crippen LogP contribution < -0.4 is 25.6 Å². The number of benzene rings is 3. The largest absolute Gasteiger partial charge is 0.495 e. The van der Waals surface area contributed by atoms with E-state index in [1.165, 1.54) is 0 Å². The van der Waals surface area contributed by atoms with E-state index in [4.69, 9.17) is 4.74 Å². The number of aryl methyl sites for hydroxylation is 2. The highest BCUT2D eigenvalue weighted by molar-refractivity contribution is 9.10. The maximum Gasteiger partial charge on any atom is 0.323 e. The smallest absolute Gasteiger partial charge is 0.323 e. The summed E-state index contributed by atoms with van der Waals surface area (Å²) in [6.07, 6.45) is 0. The number of nitrogens with zero attached hydrogens (tertiary/aromatic N) is 2. The minimum atomic E-state index is -0.340. The fourth-order valence-corrected chi connectivity index (χ4v) is 4.56. The topological polar surface area (TPSA) is 85.9 Å². The second kappa shape index (κ2) is 11.3. The van der Waals surface area contributed by atoms with Crippen LogP contribution in [0.1, 0.15) is 11.1 Å². The quantitative estimate of drug-likeness (QED) is 0.359. The fourth-order valence-electron chi connectivity index (χ4n) is 4.09. The van der Waals surface area contributed by atoms with Gasteiger partial charge in [-0.3, -0.25) is 0 Å². The Kier molecular flexibility index (Phi) is 8.00. The number of ether oxygens (including phenoxy) is 1. The van der Waals surface area contributed by atoms with E-state index >= 15 is 0 Å². The van der Waals surface area contributed by atoms with E-state index in [-0.39, 0.29) is 12.1 Å². The van der Waals surface area contributed by atoms with Crippen molar-refractivity contribution in [3.8, 4) is 5.75 Å². The molecule has 0 radical (unpaired) electrons. The van der Waals surface area contributed by atoms with Gasteiger partial charge in [-0.25, -0.2) is 9.59 Å². The fraction of sp³-hybridized carbons (Fsp3) is 0.259. The third-order valence-electron chi connectivity index (χ3n) is 6.09. The van der Waals surface area contributed by atoms with E-state index in [2.05, 4.69) is 36.8 Å². The number of halogens is 1. The van der Waals surface area contributed by atoms with E-state index in [0.717, 1.165) is 40.1 Å². The van der Waals surface area contributed by atoms with Crippen molar-refractivity contribution in [2.75, 3.05) is 54.1 Å². The number of anilines is 4. The van der Waals surface area contributed by atoms with Crippen LogP contribution in [0, 0.1) is 13.8 Å². The van der Waals surface area contributed by atoms with Crippen molar-refractivity contribution >= 4 is 50.7 Å². The van der Waals surface area contributed by atoms with Crippen LogP contribution in [0.4, 0.5) is 32.3 Å². The lowest BCUT2D eigenvalue weighted by molar-refractivity contribution is 0.208. The SMILES string of the molecule is COc1ccc(C)cc1NC(=O)Nc1ccc(N2CCN(C(=O)Nc3ccc(Br)cc3C)CC2)cc1. The first-order valence-electron chi connectivity index (χ1n) is 11.7. The molecule has 0 aromatic heterocycles. The highest BCUT2D eigenvalue weighted by Gasteiger charge is 2.22. The van der Waals surface area contributed by atoms with Gasteiger partial charge < -0.3 is 30.5 Å². The zero-order valence-corrected chi connectivity index (χ0v) is 22.2.